The van der Waals surface area contributed by atoms with Gasteiger partial charge in [0.25, 0.3) is 0 Å². The van der Waals surface area contributed by atoms with Gasteiger partial charge in [0.15, 0.2) is 0 Å². The molecule has 0 amide bonds. The molecule has 0 N–H and O–H groups in total. The van der Waals surface area contributed by atoms with Gasteiger partial charge in [-0.05, 0) is 0 Å². The molecule has 0 saturated carbocycles. The monoisotopic (exact) mass is 131 g/mol. The lowest BCUT2D eigenvalue weighted by Crippen LogP contribution is -1.92. The number of hydrogen-bond acceptors (Lipinski definition) is 3. The highest BCUT2D eigenvalue weighted by atomic mass is 32.2. The molecule has 2 nitrogen and oxygen atoms in total. The Bertz CT molecular complexity index is 142. The van der Waals surface area contributed by atoms with Gasteiger partial charge >= 0.3 is 0 Å². The molecule has 0 fully saturated rings. The molecule has 0 radical (unpaired) electrons. The van der Waals surface area contributed by atoms with Gasteiger partial charge in [-0.25, -0.2) is 0 Å². The Morgan fingerprint density at radius 1 is 1.25 bits per heavy atom. The molecular weight excluding hydrogens is 120 g/mol. The van der Waals surface area contributed by atoms with E-state index in [2.05, 4.69) is 22.6 Å². The minimum absolute atomic E-state index is 0.0710. The van der Waals surface area contributed by atoms with E-state index in [4.69, 9.17) is 0 Å². The number of hydrogen-bond donors (Lipinski definition) is 0. The van der Waals surface area contributed by atoms with E-state index in [9.17, 15) is 0 Å². The van der Waals surface area contributed by atoms with Gasteiger partial charge in [0.05, 0.1) is 0 Å². The first kappa shape index (κ1) is 6.08. The van der Waals surface area contributed by atoms with Gasteiger partial charge < -0.3 is 19.2 Å². The van der Waals surface area contributed by atoms with Crippen LogP contribution in [0, 0.1) is 0 Å². The Hall–Kier alpha value is -0.0500. The molecule has 0 aromatic carbocycles. The molecule has 0 spiro atoms. The van der Waals surface area contributed by atoms with Crippen LogP contribution >= 0.6 is 0 Å². The van der Waals surface area contributed by atoms with Crippen molar-refractivity contribution in [1.29, 1.82) is 0 Å². The predicted octanol–water partition coefficient (Wildman–Crippen LogP) is 1.39. The van der Waals surface area contributed by atoms with Crippen molar-refractivity contribution in [3.05, 3.63) is 0 Å². The van der Waals surface area contributed by atoms with Gasteiger partial charge in [0, 0.05) is 13.1 Å². The van der Waals surface area contributed by atoms with Crippen LogP contribution in [-0.4, -0.2) is 18.3 Å². The van der Waals surface area contributed by atoms with Crippen LogP contribution in [0.4, 0.5) is 0 Å². The van der Waals surface area contributed by atoms with Crippen LogP contribution < -0.4 is 0 Å². The molecule has 0 unspecified atom stereocenters. The topological polar surface area (TPSA) is 24.7 Å². The second-order valence-electron chi connectivity index (χ2n) is 2.05. The summed E-state index contributed by atoms with van der Waals surface area (Å²) >= 11 is 0. The van der Waals surface area contributed by atoms with Gasteiger partial charge in [-0.15, -0.1) is 5.25 Å². The normalized spacial score (nSPS) is 20.9. The van der Waals surface area contributed by atoms with Crippen molar-refractivity contribution in [3.8, 4) is 0 Å². The van der Waals surface area contributed by atoms with Crippen molar-refractivity contribution in [2.75, 3.05) is 13.1 Å². The molecular formula is C5H11N2S-. The number of nitrogens with zero attached hydrogens (tertiary/aromatic N) is 2. The van der Waals surface area contributed by atoms with Gasteiger partial charge in [0.2, 0.25) is 0 Å². The highest BCUT2D eigenvalue weighted by Crippen LogP contribution is 1.98. The predicted molar refractivity (Wildman–Crippen MR) is 37.1 cm³/mol. The quantitative estimate of drug-likeness (QED) is 0.480. The van der Waals surface area contributed by atoms with E-state index < -0.39 is 0 Å². The third-order valence-electron chi connectivity index (χ3n) is 0.969. The molecule has 48 valence electrons. The fourth-order valence-electron chi connectivity index (χ4n) is 0.608. The average molecular weight is 131 g/mol. The second-order valence-corrected chi connectivity index (χ2v) is 4.09. The van der Waals surface area contributed by atoms with E-state index in [1.807, 2.05) is 0 Å². The largest absolute Gasteiger partial charge is 0.416 e. The SMILES string of the molecule is CC(C)[S-]1=NCCN=1. The molecule has 0 aromatic heterocycles. The first-order chi connectivity index (χ1) is 3.80. The zero-order chi connectivity index (χ0) is 5.98. The molecule has 1 heterocycles. The lowest BCUT2D eigenvalue weighted by Gasteiger charge is -2.08. The molecule has 1 aliphatic rings. The van der Waals surface area contributed by atoms with E-state index in [1.54, 1.807) is 0 Å². The van der Waals surface area contributed by atoms with Crippen LogP contribution in [0.5, 0.6) is 0 Å². The zero-order valence-corrected chi connectivity index (χ0v) is 6.11. The summed E-state index contributed by atoms with van der Waals surface area (Å²) in [7, 11) is 0.0710. The maximum Gasteiger partial charge on any atom is 0.0279 e. The summed E-state index contributed by atoms with van der Waals surface area (Å²) in [5, 5.41) is 0.637. The third kappa shape index (κ3) is 1.22. The Labute approximate surface area is 52.2 Å². The average Bonchev–Trinajstić information content (AvgIpc) is 2.12. The summed E-state index contributed by atoms with van der Waals surface area (Å²) in [6.45, 7) is 6.26. The van der Waals surface area contributed by atoms with Crippen LogP contribution in [0.1, 0.15) is 13.8 Å². The fourth-order valence-corrected chi connectivity index (χ4v) is 1.82. The maximum atomic E-state index is 4.30. The van der Waals surface area contributed by atoms with Gasteiger partial charge in [-0.2, -0.15) is 0 Å². The van der Waals surface area contributed by atoms with Crippen LogP contribution in [0.15, 0.2) is 8.73 Å². The van der Waals surface area contributed by atoms with Gasteiger partial charge in [-0.3, -0.25) is 0 Å². The highest BCUT2D eigenvalue weighted by molar-refractivity contribution is 7.78. The summed E-state index contributed by atoms with van der Waals surface area (Å²) in [6.07, 6.45) is 0. The van der Waals surface area contributed by atoms with Crippen LogP contribution in [-0.2, 0) is 10.5 Å². The van der Waals surface area contributed by atoms with Crippen molar-refractivity contribution in [2.45, 2.75) is 19.1 Å². The molecule has 8 heavy (non-hydrogen) atoms. The van der Waals surface area contributed by atoms with E-state index in [0.29, 0.717) is 5.25 Å². The minimum atomic E-state index is 0.0710. The number of rotatable bonds is 1. The van der Waals surface area contributed by atoms with Gasteiger partial charge in [0.1, 0.15) is 0 Å². The van der Waals surface area contributed by atoms with E-state index >= 15 is 0 Å². The Morgan fingerprint density at radius 2 is 1.75 bits per heavy atom. The fraction of sp³-hybridized carbons (Fsp3) is 1.00. The lowest BCUT2D eigenvalue weighted by molar-refractivity contribution is 1.04. The molecule has 3 heteroatoms. The highest BCUT2D eigenvalue weighted by Gasteiger charge is 1.83. The zero-order valence-electron chi connectivity index (χ0n) is 5.29. The first-order valence-electron chi connectivity index (χ1n) is 2.89. The maximum absolute atomic E-state index is 4.30. The Balaban J connectivity index is 2.68. The molecule has 0 aromatic rings. The summed E-state index contributed by atoms with van der Waals surface area (Å²) in [4.78, 5) is 0. The smallest absolute Gasteiger partial charge is 0.0279 e. The molecule has 0 aliphatic carbocycles. The standard InChI is InChI=1S/C5H11N2S/c1-5(2)8-6-3-4-7-8/h5H,3-4H2,1-2H3/q-1. The minimum Gasteiger partial charge on any atom is -0.416 e. The van der Waals surface area contributed by atoms with Gasteiger partial charge in [-0.1, -0.05) is 13.8 Å². The molecule has 1 rings (SSSR count). The van der Waals surface area contributed by atoms with E-state index in [-0.39, 0.29) is 10.5 Å². The van der Waals surface area contributed by atoms with Crippen molar-refractivity contribution >= 4 is 10.5 Å². The van der Waals surface area contributed by atoms with Crippen LogP contribution in [0.3, 0.4) is 0 Å². The second kappa shape index (κ2) is 2.49. The molecule has 0 bridgehead atoms. The van der Waals surface area contributed by atoms with Crippen molar-refractivity contribution in [3.63, 3.8) is 0 Å². The molecule has 1 aliphatic heterocycles. The molecule has 0 atom stereocenters. The molecule has 0 saturated heterocycles. The summed E-state index contributed by atoms with van der Waals surface area (Å²) in [6, 6.07) is 0. The van der Waals surface area contributed by atoms with Crippen LogP contribution in [0.25, 0.3) is 0 Å². The van der Waals surface area contributed by atoms with E-state index in [1.165, 1.54) is 0 Å². The first-order valence-corrected chi connectivity index (χ1v) is 4.09. The lowest BCUT2D eigenvalue weighted by atomic mass is 10.6. The van der Waals surface area contributed by atoms with Crippen molar-refractivity contribution < 1.29 is 0 Å². The van der Waals surface area contributed by atoms with Crippen LogP contribution in [0.2, 0.25) is 0 Å². The van der Waals surface area contributed by atoms with Crippen molar-refractivity contribution in [1.82, 2.24) is 0 Å². The summed E-state index contributed by atoms with van der Waals surface area (Å²) < 4.78 is 8.59. The summed E-state index contributed by atoms with van der Waals surface area (Å²) in [5.41, 5.74) is 0. The Kier molecular flexibility index (Phi) is 1.89. The summed E-state index contributed by atoms with van der Waals surface area (Å²) in [5.74, 6) is 0. The van der Waals surface area contributed by atoms with E-state index in [0.717, 1.165) is 13.1 Å². The third-order valence-corrected chi connectivity index (χ3v) is 2.71. The van der Waals surface area contributed by atoms with Crippen molar-refractivity contribution in [2.24, 2.45) is 8.73 Å². The Morgan fingerprint density at radius 3 is 2.00 bits per heavy atom.